The number of fused-ring (bicyclic) bond motifs is 2. The van der Waals surface area contributed by atoms with Crippen LogP contribution < -0.4 is 0 Å². The highest BCUT2D eigenvalue weighted by atomic mass is 14.2. The molecule has 0 aliphatic carbocycles. The average Bonchev–Trinajstić information content (AvgIpc) is 3.43. The standard InChI is InChI=1S/C70H42/c1-3-14-55-45(8-1)10-6-16-59(55)61-36-28-51-30-38-63-57(34-26-49-32-40-65(61)69(51)67(49)63)47-22-18-43(19-23-47)53-12-5-13-54(42-53)44-20-24-48(25-21-44)58-35-27-50-33-41-66-62(37-29-52-31-39-64(58)68(50)70(52)66)60-17-7-11-46-9-2-4-15-56(46)60/h1-42H. The van der Waals surface area contributed by atoms with Crippen molar-refractivity contribution in [2.75, 3.05) is 0 Å². The molecule has 0 unspecified atom stereocenters. The number of rotatable bonds is 6. The fourth-order valence-electron chi connectivity index (χ4n) is 12.1. The fourth-order valence-corrected chi connectivity index (χ4v) is 12.1. The van der Waals surface area contributed by atoms with E-state index >= 15 is 0 Å². The Labute approximate surface area is 405 Å². The molecule has 0 spiro atoms. The lowest BCUT2D eigenvalue weighted by Crippen LogP contribution is -1.90. The SMILES string of the molecule is c1cc(-c2ccc(-c3ccc4ccc5c(-c6cccc7ccccc67)ccc6ccc3c4c65)cc2)cc(-c2ccc(-c3ccc4ccc5c(-c6cccc7ccccc67)ccc6ccc3c4c65)cc2)c1. The molecule has 0 radical (unpaired) electrons. The third kappa shape index (κ3) is 5.90. The summed E-state index contributed by atoms with van der Waals surface area (Å²) in [5.74, 6) is 0. The second kappa shape index (κ2) is 15.2. The molecule has 0 atom stereocenters. The van der Waals surface area contributed by atoms with Gasteiger partial charge in [0.2, 0.25) is 0 Å². The van der Waals surface area contributed by atoms with Gasteiger partial charge in [0.15, 0.2) is 0 Å². The molecular weight excluding hydrogens is 841 g/mol. The third-order valence-corrected chi connectivity index (χ3v) is 15.4. The zero-order valence-corrected chi connectivity index (χ0v) is 38.2. The van der Waals surface area contributed by atoms with Crippen molar-refractivity contribution in [2.24, 2.45) is 0 Å². The van der Waals surface area contributed by atoms with E-state index in [1.165, 1.54) is 153 Å². The fraction of sp³-hybridized carbons (Fsp3) is 0. The second-order valence-electron chi connectivity index (χ2n) is 19.1. The third-order valence-electron chi connectivity index (χ3n) is 15.4. The molecule has 0 bridgehead atoms. The monoisotopic (exact) mass is 882 g/mol. The van der Waals surface area contributed by atoms with Crippen LogP contribution in [0.5, 0.6) is 0 Å². The van der Waals surface area contributed by atoms with Gasteiger partial charge in [0.05, 0.1) is 0 Å². The Morgan fingerprint density at radius 3 is 0.857 bits per heavy atom. The molecule has 15 rings (SSSR count). The molecule has 0 fully saturated rings. The molecule has 0 nitrogen and oxygen atoms in total. The van der Waals surface area contributed by atoms with Crippen molar-refractivity contribution in [1.29, 1.82) is 0 Å². The Kier molecular flexibility index (Phi) is 8.46. The highest BCUT2D eigenvalue weighted by Gasteiger charge is 2.18. The van der Waals surface area contributed by atoms with E-state index in [0.29, 0.717) is 0 Å². The maximum atomic E-state index is 2.33. The topological polar surface area (TPSA) is 0 Å². The normalized spacial score (nSPS) is 12.0. The van der Waals surface area contributed by atoms with Crippen LogP contribution in [-0.4, -0.2) is 0 Å². The van der Waals surface area contributed by atoms with E-state index in [0.717, 1.165) is 0 Å². The van der Waals surface area contributed by atoms with E-state index in [-0.39, 0.29) is 0 Å². The summed E-state index contributed by atoms with van der Waals surface area (Å²) in [6, 6.07) is 95.0. The molecule has 0 aromatic heterocycles. The summed E-state index contributed by atoms with van der Waals surface area (Å²) in [7, 11) is 0. The van der Waals surface area contributed by atoms with E-state index in [4.69, 9.17) is 0 Å². The summed E-state index contributed by atoms with van der Waals surface area (Å²) in [6.07, 6.45) is 0. The lowest BCUT2D eigenvalue weighted by atomic mass is 9.86. The van der Waals surface area contributed by atoms with Crippen LogP contribution in [0.1, 0.15) is 0 Å². The van der Waals surface area contributed by atoms with Gasteiger partial charge < -0.3 is 0 Å². The Bertz CT molecular complexity index is 4250. The van der Waals surface area contributed by atoms with Crippen molar-refractivity contribution in [3.05, 3.63) is 255 Å². The maximum Gasteiger partial charge on any atom is -0.00203 e. The summed E-state index contributed by atoms with van der Waals surface area (Å²) in [5, 5.41) is 20.7. The highest BCUT2D eigenvalue weighted by Crippen LogP contribution is 2.46. The van der Waals surface area contributed by atoms with Crippen LogP contribution in [0.3, 0.4) is 0 Å². The first-order chi connectivity index (χ1) is 34.7. The molecule has 0 heterocycles. The summed E-state index contributed by atoms with van der Waals surface area (Å²) >= 11 is 0. The van der Waals surface area contributed by atoms with E-state index in [1.807, 2.05) is 0 Å². The van der Waals surface area contributed by atoms with E-state index in [9.17, 15) is 0 Å². The highest BCUT2D eigenvalue weighted by molar-refractivity contribution is 6.29. The van der Waals surface area contributed by atoms with E-state index in [1.54, 1.807) is 0 Å². The molecule has 0 N–H and O–H groups in total. The zero-order chi connectivity index (χ0) is 45.9. The molecule has 0 saturated carbocycles. The molecule has 322 valence electrons. The number of benzene rings is 15. The van der Waals surface area contributed by atoms with Crippen molar-refractivity contribution in [3.63, 3.8) is 0 Å². The summed E-state index contributed by atoms with van der Waals surface area (Å²) < 4.78 is 0. The molecule has 0 saturated heterocycles. The first kappa shape index (κ1) is 38.9. The summed E-state index contributed by atoms with van der Waals surface area (Å²) in [6.45, 7) is 0. The van der Waals surface area contributed by atoms with Gasteiger partial charge in [-0.05, 0) is 159 Å². The lowest BCUT2D eigenvalue weighted by molar-refractivity contribution is 1.58. The Morgan fingerprint density at radius 1 is 0.143 bits per heavy atom. The van der Waals surface area contributed by atoms with Crippen LogP contribution in [-0.2, 0) is 0 Å². The van der Waals surface area contributed by atoms with Gasteiger partial charge in [0.25, 0.3) is 0 Å². The number of hydrogen-bond donors (Lipinski definition) is 0. The molecule has 0 heteroatoms. The first-order valence-electron chi connectivity index (χ1n) is 24.4. The van der Waals surface area contributed by atoms with Gasteiger partial charge in [0.1, 0.15) is 0 Å². The lowest BCUT2D eigenvalue weighted by Gasteiger charge is -2.17. The van der Waals surface area contributed by atoms with Crippen molar-refractivity contribution >= 4 is 86.2 Å². The molecule has 0 aliphatic heterocycles. The molecule has 15 aromatic rings. The summed E-state index contributed by atoms with van der Waals surface area (Å²) in [4.78, 5) is 0. The minimum absolute atomic E-state index is 1.21. The van der Waals surface area contributed by atoms with Gasteiger partial charge in [-0.3, -0.25) is 0 Å². The van der Waals surface area contributed by atoms with Crippen LogP contribution in [0.4, 0.5) is 0 Å². The first-order valence-corrected chi connectivity index (χ1v) is 24.4. The van der Waals surface area contributed by atoms with E-state index in [2.05, 4.69) is 255 Å². The van der Waals surface area contributed by atoms with E-state index < -0.39 is 0 Å². The minimum Gasteiger partial charge on any atom is -0.0616 e. The van der Waals surface area contributed by atoms with Crippen molar-refractivity contribution < 1.29 is 0 Å². The maximum absolute atomic E-state index is 2.33. The molecule has 70 heavy (non-hydrogen) atoms. The Morgan fingerprint density at radius 2 is 0.443 bits per heavy atom. The summed E-state index contributed by atoms with van der Waals surface area (Å²) in [5.41, 5.74) is 14.9. The van der Waals surface area contributed by atoms with Gasteiger partial charge in [-0.15, -0.1) is 0 Å². The Hall–Kier alpha value is -9.10. The van der Waals surface area contributed by atoms with Gasteiger partial charge in [-0.2, -0.15) is 0 Å². The Balaban J connectivity index is 0.753. The minimum atomic E-state index is 1.21. The van der Waals surface area contributed by atoms with Crippen LogP contribution in [0, 0.1) is 0 Å². The van der Waals surface area contributed by atoms with Crippen LogP contribution in [0.2, 0.25) is 0 Å². The smallest absolute Gasteiger partial charge is 0.00203 e. The molecule has 0 aliphatic rings. The van der Waals surface area contributed by atoms with Crippen molar-refractivity contribution in [3.8, 4) is 66.8 Å². The predicted octanol–water partition coefficient (Wildman–Crippen LogP) is 19.8. The second-order valence-corrected chi connectivity index (χ2v) is 19.1. The van der Waals surface area contributed by atoms with Gasteiger partial charge in [-0.25, -0.2) is 0 Å². The molecule has 15 aromatic carbocycles. The van der Waals surface area contributed by atoms with Gasteiger partial charge >= 0.3 is 0 Å². The van der Waals surface area contributed by atoms with Gasteiger partial charge in [-0.1, -0.05) is 249 Å². The quantitative estimate of drug-likeness (QED) is 0.146. The van der Waals surface area contributed by atoms with Crippen LogP contribution >= 0.6 is 0 Å². The van der Waals surface area contributed by atoms with Gasteiger partial charge in [0, 0.05) is 0 Å². The van der Waals surface area contributed by atoms with Crippen LogP contribution in [0.25, 0.3) is 153 Å². The van der Waals surface area contributed by atoms with Crippen molar-refractivity contribution in [2.45, 2.75) is 0 Å². The van der Waals surface area contributed by atoms with Crippen molar-refractivity contribution in [1.82, 2.24) is 0 Å². The molecule has 0 amide bonds. The molecular formula is C70H42. The largest absolute Gasteiger partial charge is 0.0616 e. The predicted molar refractivity (Wildman–Crippen MR) is 301 cm³/mol. The van der Waals surface area contributed by atoms with Crippen LogP contribution in [0.15, 0.2) is 255 Å². The number of hydrogen-bond acceptors (Lipinski definition) is 0. The zero-order valence-electron chi connectivity index (χ0n) is 38.2. The average molecular weight is 883 g/mol.